The van der Waals surface area contributed by atoms with Crippen molar-refractivity contribution in [2.45, 2.75) is 45.1 Å². The molecule has 2 aliphatic heterocycles. The summed E-state index contributed by atoms with van der Waals surface area (Å²) in [6, 6.07) is 0. The van der Waals surface area contributed by atoms with Gasteiger partial charge < -0.3 is 9.64 Å². The number of hydrogen-bond donors (Lipinski definition) is 0. The molecule has 1 amide bonds. The fourth-order valence-corrected chi connectivity index (χ4v) is 2.69. The van der Waals surface area contributed by atoms with Crippen LogP contribution in [0.15, 0.2) is 0 Å². The third-order valence-corrected chi connectivity index (χ3v) is 3.70. The van der Waals surface area contributed by atoms with E-state index in [1.54, 1.807) is 9.80 Å². The summed E-state index contributed by atoms with van der Waals surface area (Å²) >= 11 is 0. The van der Waals surface area contributed by atoms with E-state index in [0.29, 0.717) is 25.6 Å². The van der Waals surface area contributed by atoms with Crippen molar-refractivity contribution in [3.63, 3.8) is 0 Å². The summed E-state index contributed by atoms with van der Waals surface area (Å²) in [5.74, 6) is -2.09. The molecule has 0 aromatic rings. The van der Waals surface area contributed by atoms with Crippen LogP contribution in [0.4, 0.5) is 13.6 Å². The lowest BCUT2D eigenvalue weighted by Gasteiger charge is -2.39. The van der Waals surface area contributed by atoms with Crippen molar-refractivity contribution in [1.82, 2.24) is 9.80 Å². The number of likely N-dealkylation sites (tertiary alicyclic amines) is 2. The summed E-state index contributed by atoms with van der Waals surface area (Å²) in [6.45, 7) is 7.40. The van der Waals surface area contributed by atoms with E-state index in [4.69, 9.17) is 4.74 Å². The van der Waals surface area contributed by atoms with E-state index in [9.17, 15) is 13.6 Å². The van der Waals surface area contributed by atoms with Gasteiger partial charge >= 0.3 is 6.09 Å². The van der Waals surface area contributed by atoms with Crippen molar-refractivity contribution in [1.29, 1.82) is 0 Å². The van der Waals surface area contributed by atoms with Gasteiger partial charge in [0, 0.05) is 13.1 Å². The molecule has 2 heterocycles. The van der Waals surface area contributed by atoms with Gasteiger partial charge in [0.2, 0.25) is 0 Å². The average Bonchev–Trinajstić information content (AvgIpc) is 2.69. The number of carbonyl (C=O) groups excluding carboxylic acids is 1. The molecule has 0 aromatic heterocycles. The van der Waals surface area contributed by atoms with Crippen LogP contribution in [0.2, 0.25) is 0 Å². The number of alkyl halides is 2. The minimum Gasteiger partial charge on any atom is -0.444 e. The quantitative estimate of drug-likeness (QED) is 0.801. The molecule has 0 saturated carbocycles. The normalized spacial score (nSPS) is 26.4. The summed E-state index contributed by atoms with van der Waals surface area (Å²) < 4.78 is 30.7. The van der Waals surface area contributed by atoms with Gasteiger partial charge in [-0.1, -0.05) is 0 Å². The van der Waals surface area contributed by atoms with Crippen LogP contribution < -0.4 is 0 Å². The number of nitrogens with zero attached hydrogens (tertiary/aromatic N) is 2. The summed E-state index contributed by atoms with van der Waals surface area (Å²) in [7, 11) is 0. The van der Waals surface area contributed by atoms with Crippen LogP contribution in [0.1, 0.15) is 33.6 Å². The van der Waals surface area contributed by atoms with Crippen molar-refractivity contribution < 1.29 is 18.3 Å². The highest BCUT2D eigenvalue weighted by molar-refractivity contribution is 5.68. The Morgan fingerprint density at radius 2 is 2.00 bits per heavy atom. The fourth-order valence-electron chi connectivity index (χ4n) is 2.69. The number of hydrogen-bond acceptors (Lipinski definition) is 3. The van der Waals surface area contributed by atoms with Gasteiger partial charge in [-0.25, -0.2) is 13.6 Å². The molecule has 2 saturated heterocycles. The highest BCUT2D eigenvalue weighted by Gasteiger charge is 2.43. The summed E-state index contributed by atoms with van der Waals surface area (Å²) in [5.41, 5.74) is -0.474. The zero-order valence-corrected chi connectivity index (χ0v) is 12.5. The molecule has 0 aliphatic carbocycles. The molecule has 1 unspecified atom stereocenters. The number of ether oxygens (including phenoxy) is 1. The Labute approximate surface area is 119 Å². The molecular formula is C14H24F2N2O2. The lowest BCUT2D eigenvalue weighted by Crippen LogP contribution is -2.56. The molecular weight excluding hydrogens is 266 g/mol. The van der Waals surface area contributed by atoms with E-state index in [2.05, 4.69) is 0 Å². The zero-order chi connectivity index (χ0) is 15.0. The van der Waals surface area contributed by atoms with Crippen molar-refractivity contribution in [3.05, 3.63) is 0 Å². The Bertz CT molecular complexity index is 361. The number of carbonyl (C=O) groups is 1. The van der Waals surface area contributed by atoms with Crippen molar-refractivity contribution >= 4 is 6.09 Å². The first-order valence-electron chi connectivity index (χ1n) is 7.23. The topological polar surface area (TPSA) is 32.8 Å². The largest absolute Gasteiger partial charge is 0.444 e. The number of amides is 1. The Kier molecular flexibility index (Phi) is 4.23. The molecule has 2 aliphatic rings. The van der Waals surface area contributed by atoms with Crippen LogP contribution in [0, 0.1) is 5.92 Å². The SMILES string of the molecule is CC(C)(C)OC(=O)N1CCC(CCN2CC(F)(F)C2)C1. The minimum atomic E-state index is -2.49. The molecule has 116 valence electrons. The fraction of sp³-hybridized carbons (Fsp3) is 0.929. The molecule has 2 rings (SSSR count). The van der Waals surface area contributed by atoms with E-state index < -0.39 is 11.5 Å². The smallest absolute Gasteiger partial charge is 0.410 e. The van der Waals surface area contributed by atoms with E-state index in [-0.39, 0.29) is 19.2 Å². The Balaban J connectivity index is 1.66. The van der Waals surface area contributed by atoms with E-state index in [0.717, 1.165) is 12.8 Å². The van der Waals surface area contributed by atoms with Gasteiger partial charge in [0.25, 0.3) is 5.92 Å². The van der Waals surface area contributed by atoms with E-state index in [1.165, 1.54) is 0 Å². The third kappa shape index (κ3) is 4.30. The number of halogens is 2. The molecule has 0 bridgehead atoms. The molecule has 0 spiro atoms. The van der Waals surface area contributed by atoms with Crippen molar-refractivity contribution in [2.75, 3.05) is 32.7 Å². The van der Waals surface area contributed by atoms with Crippen molar-refractivity contribution in [2.24, 2.45) is 5.92 Å². The van der Waals surface area contributed by atoms with E-state index in [1.807, 2.05) is 20.8 Å². The summed E-state index contributed by atoms with van der Waals surface area (Å²) in [4.78, 5) is 15.4. The molecule has 0 N–H and O–H groups in total. The second kappa shape index (κ2) is 5.47. The van der Waals surface area contributed by atoms with Gasteiger partial charge in [-0.05, 0) is 46.1 Å². The number of rotatable bonds is 3. The van der Waals surface area contributed by atoms with Crippen LogP contribution in [0.5, 0.6) is 0 Å². The van der Waals surface area contributed by atoms with Gasteiger partial charge in [-0.2, -0.15) is 0 Å². The maximum absolute atomic E-state index is 12.7. The third-order valence-electron chi connectivity index (χ3n) is 3.70. The van der Waals surface area contributed by atoms with Crippen LogP contribution in [-0.4, -0.2) is 60.1 Å². The zero-order valence-electron chi connectivity index (χ0n) is 12.5. The molecule has 4 nitrogen and oxygen atoms in total. The van der Waals surface area contributed by atoms with Gasteiger partial charge in [-0.15, -0.1) is 0 Å². The minimum absolute atomic E-state index is 0.116. The van der Waals surface area contributed by atoms with Crippen LogP contribution >= 0.6 is 0 Å². The average molecular weight is 290 g/mol. The second-order valence-electron chi connectivity index (χ2n) is 6.94. The Morgan fingerprint density at radius 3 is 2.55 bits per heavy atom. The van der Waals surface area contributed by atoms with Crippen LogP contribution in [0.25, 0.3) is 0 Å². The standard InChI is InChI=1S/C14H24F2N2O2/c1-13(2,3)20-12(19)18-7-5-11(8-18)4-6-17-9-14(15,16)10-17/h11H,4-10H2,1-3H3. The van der Waals surface area contributed by atoms with Gasteiger partial charge in [-0.3, -0.25) is 4.90 Å². The highest BCUT2D eigenvalue weighted by atomic mass is 19.3. The van der Waals surface area contributed by atoms with Gasteiger partial charge in [0.1, 0.15) is 5.60 Å². The van der Waals surface area contributed by atoms with Crippen LogP contribution in [0.3, 0.4) is 0 Å². The first-order chi connectivity index (χ1) is 9.15. The first kappa shape index (κ1) is 15.5. The molecule has 6 heteroatoms. The second-order valence-corrected chi connectivity index (χ2v) is 6.94. The van der Waals surface area contributed by atoms with Crippen LogP contribution in [-0.2, 0) is 4.74 Å². The molecule has 20 heavy (non-hydrogen) atoms. The maximum atomic E-state index is 12.7. The van der Waals surface area contributed by atoms with E-state index >= 15 is 0 Å². The Morgan fingerprint density at radius 1 is 1.35 bits per heavy atom. The summed E-state index contributed by atoms with van der Waals surface area (Å²) in [5, 5.41) is 0. The predicted octanol–water partition coefficient (Wildman–Crippen LogP) is 2.58. The van der Waals surface area contributed by atoms with Gasteiger partial charge in [0.05, 0.1) is 13.1 Å². The highest BCUT2D eigenvalue weighted by Crippen LogP contribution is 2.28. The summed E-state index contributed by atoms with van der Waals surface area (Å²) in [6.07, 6.45) is 1.54. The predicted molar refractivity (Wildman–Crippen MR) is 71.9 cm³/mol. The molecule has 2 fully saturated rings. The Hall–Kier alpha value is -0.910. The first-order valence-corrected chi connectivity index (χ1v) is 7.23. The molecule has 0 aromatic carbocycles. The molecule has 1 atom stereocenters. The van der Waals surface area contributed by atoms with Crippen molar-refractivity contribution in [3.8, 4) is 0 Å². The monoisotopic (exact) mass is 290 g/mol. The maximum Gasteiger partial charge on any atom is 0.410 e. The molecule has 0 radical (unpaired) electrons. The lowest BCUT2D eigenvalue weighted by molar-refractivity contribution is -0.131. The lowest BCUT2D eigenvalue weighted by atomic mass is 10.0. The van der Waals surface area contributed by atoms with Gasteiger partial charge in [0.15, 0.2) is 0 Å².